The molecule has 0 bridgehead atoms. The van der Waals surface area contributed by atoms with Gasteiger partial charge in [-0.1, -0.05) is 6.42 Å². The SMILES string of the molecule is O=C(c1cccnc1)C1CCCC(C(F)(F)F)C1. The zero-order valence-electron chi connectivity index (χ0n) is 9.78. The predicted molar refractivity (Wildman–Crippen MR) is 60.1 cm³/mol. The van der Waals surface area contributed by atoms with Gasteiger partial charge >= 0.3 is 6.18 Å². The number of hydrogen-bond acceptors (Lipinski definition) is 2. The molecular weight excluding hydrogens is 243 g/mol. The fourth-order valence-corrected chi connectivity index (χ4v) is 2.47. The van der Waals surface area contributed by atoms with Gasteiger partial charge in [0, 0.05) is 23.9 Å². The van der Waals surface area contributed by atoms with Gasteiger partial charge in [-0.25, -0.2) is 0 Å². The summed E-state index contributed by atoms with van der Waals surface area (Å²) >= 11 is 0. The molecule has 18 heavy (non-hydrogen) atoms. The van der Waals surface area contributed by atoms with Crippen molar-refractivity contribution >= 4 is 5.78 Å². The molecule has 0 N–H and O–H groups in total. The van der Waals surface area contributed by atoms with Gasteiger partial charge in [-0.05, 0) is 31.4 Å². The Bertz CT molecular complexity index is 416. The topological polar surface area (TPSA) is 30.0 Å². The molecule has 98 valence electrons. The molecule has 1 aliphatic rings. The molecule has 1 aromatic rings. The summed E-state index contributed by atoms with van der Waals surface area (Å²) in [6, 6.07) is 3.23. The highest BCUT2D eigenvalue weighted by molar-refractivity contribution is 5.97. The molecule has 5 heteroatoms. The molecule has 1 saturated carbocycles. The van der Waals surface area contributed by atoms with Crippen LogP contribution in [0, 0.1) is 11.8 Å². The van der Waals surface area contributed by atoms with E-state index in [0.717, 1.165) is 0 Å². The summed E-state index contributed by atoms with van der Waals surface area (Å²) in [4.78, 5) is 15.9. The zero-order valence-corrected chi connectivity index (χ0v) is 9.78. The molecule has 2 unspecified atom stereocenters. The van der Waals surface area contributed by atoms with Crippen LogP contribution < -0.4 is 0 Å². The van der Waals surface area contributed by atoms with Crippen molar-refractivity contribution < 1.29 is 18.0 Å². The Morgan fingerprint density at radius 3 is 2.72 bits per heavy atom. The third kappa shape index (κ3) is 2.89. The standard InChI is InChI=1S/C13H14F3NO/c14-13(15,16)11-5-1-3-9(7-11)12(18)10-4-2-6-17-8-10/h2,4,6,8-9,11H,1,3,5,7H2. The van der Waals surface area contributed by atoms with E-state index in [1.807, 2.05) is 0 Å². The monoisotopic (exact) mass is 257 g/mol. The van der Waals surface area contributed by atoms with Crippen LogP contribution in [0.4, 0.5) is 13.2 Å². The molecule has 0 aromatic carbocycles. The second kappa shape index (κ2) is 5.08. The molecular formula is C13H14F3NO. The number of Topliss-reactive ketones (excluding diaryl/α,β-unsaturated/α-hetero) is 1. The Kier molecular flexibility index (Phi) is 3.68. The third-order valence-electron chi connectivity index (χ3n) is 3.45. The van der Waals surface area contributed by atoms with Gasteiger partial charge in [-0.15, -0.1) is 0 Å². The molecule has 0 aliphatic heterocycles. The second-order valence-corrected chi connectivity index (χ2v) is 4.71. The number of halogens is 3. The highest BCUT2D eigenvalue weighted by atomic mass is 19.4. The van der Waals surface area contributed by atoms with Gasteiger partial charge in [-0.3, -0.25) is 9.78 Å². The lowest BCUT2D eigenvalue weighted by molar-refractivity contribution is -0.184. The van der Waals surface area contributed by atoms with E-state index in [9.17, 15) is 18.0 Å². The maximum Gasteiger partial charge on any atom is 0.391 e. The first-order valence-corrected chi connectivity index (χ1v) is 5.99. The molecule has 0 saturated heterocycles. The summed E-state index contributed by atoms with van der Waals surface area (Å²) in [5.41, 5.74) is 0.408. The third-order valence-corrected chi connectivity index (χ3v) is 3.45. The van der Waals surface area contributed by atoms with E-state index in [-0.39, 0.29) is 18.6 Å². The molecule has 1 aliphatic carbocycles. The molecule has 2 nitrogen and oxygen atoms in total. The van der Waals surface area contributed by atoms with E-state index in [0.29, 0.717) is 18.4 Å². The zero-order chi connectivity index (χ0) is 13.2. The highest BCUT2D eigenvalue weighted by Crippen LogP contribution is 2.40. The number of alkyl halides is 3. The molecule has 0 spiro atoms. The van der Waals surface area contributed by atoms with Crippen LogP contribution in [0.2, 0.25) is 0 Å². The number of carbonyl (C=O) groups excluding carboxylic acids is 1. The molecule has 1 aromatic heterocycles. The first-order valence-electron chi connectivity index (χ1n) is 5.99. The Morgan fingerprint density at radius 2 is 2.11 bits per heavy atom. The highest BCUT2D eigenvalue weighted by Gasteiger charge is 2.43. The lowest BCUT2D eigenvalue weighted by Gasteiger charge is -2.29. The fourth-order valence-electron chi connectivity index (χ4n) is 2.47. The smallest absolute Gasteiger partial charge is 0.294 e. The predicted octanol–water partition coefficient (Wildman–Crippen LogP) is 3.63. The van der Waals surface area contributed by atoms with Gasteiger partial charge in [0.25, 0.3) is 0 Å². The summed E-state index contributed by atoms with van der Waals surface area (Å²) < 4.78 is 38.0. The van der Waals surface area contributed by atoms with Crippen LogP contribution in [0.1, 0.15) is 36.0 Å². The summed E-state index contributed by atoms with van der Waals surface area (Å²) in [7, 11) is 0. The Morgan fingerprint density at radius 1 is 1.33 bits per heavy atom. The first-order chi connectivity index (χ1) is 8.48. The Hall–Kier alpha value is -1.39. The number of nitrogens with zero attached hydrogens (tertiary/aromatic N) is 1. The van der Waals surface area contributed by atoms with E-state index in [1.54, 1.807) is 12.1 Å². The van der Waals surface area contributed by atoms with Gasteiger partial charge in [0.05, 0.1) is 5.92 Å². The molecule has 2 rings (SSSR count). The molecule has 0 radical (unpaired) electrons. The average Bonchev–Trinajstić information content (AvgIpc) is 2.38. The van der Waals surface area contributed by atoms with Crippen molar-refractivity contribution in [3.05, 3.63) is 30.1 Å². The van der Waals surface area contributed by atoms with Crippen molar-refractivity contribution in [1.29, 1.82) is 0 Å². The minimum absolute atomic E-state index is 0.0861. The van der Waals surface area contributed by atoms with Crippen molar-refractivity contribution in [2.45, 2.75) is 31.9 Å². The minimum Gasteiger partial charge on any atom is -0.294 e. The number of rotatable bonds is 2. The maximum absolute atomic E-state index is 12.7. The average molecular weight is 257 g/mol. The summed E-state index contributed by atoms with van der Waals surface area (Å²) in [5, 5.41) is 0. The van der Waals surface area contributed by atoms with Gasteiger partial charge < -0.3 is 0 Å². The van der Waals surface area contributed by atoms with Crippen molar-refractivity contribution in [2.75, 3.05) is 0 Å². The molecule has 2 atom stereocenters. The van der Waals surface area contributed by atoms with Gasteiger partial charge in [0.2, 0.25) is 0 Å². The Balaban J connectivity index is 2.08. The van der Waals surface area contributed by atoms with Crippen molar-refractivity contribution in [1.82, 2.24) is 4.98 Å². The summed E-state index contributed by atoms with van der Waals surface area (Å²) in [6.45, 7) is 0. The molecule has 1 fully saturated rings. The normalized spacial score (nSPS) is 24.8. The van der Waals surface area contributed by atoms with E-state index in [2.05, 4.69) is 4.98 Å². The van der Waals surface area contributed by atoms with Crippen molar-refractivity contribution in [2.24, 2.45) is 11.8 Å². The first kappa shape index (κ1) is 13.1. The van der Waals surface area contributed by atoms with Crippen LogP contribution in [0.25, 0.3) is 0 Å². The maximum atomic E-state index is 12.7. The number of pyridine rings is 1. The van der Waals surface area contributed by atoms with Crippen LogP contribution >= 0.6 is 0 Å². The minimum atomic E-state index is -4.19. The molecule has 1 heterocycles. The Labute approximate surface area is 103 Å². The largest absolute Gasteiger partial charge is 0.391 e. The van der Waals surface area contributed by atoms with Gasteiger partial charge in [0.1, 0.15) is 0 Å². The van der Waals surface area contributed by atoms with Crippen molar-refractivity contribution in [3.63, 3.8) is 0 Å². The van der Waals surface area contributed by atoms with Crippen LogP contribution in [-0.2, 0) is 0 Å². The number of hydrogen-bond donors (Lipinski definition) is 0. The number of carbonyl (C=O) groups is 1. The van der Waals surface area contributed by atoms with Crippen LogP contribution in [0.5, 0.6) is 0 Å². The summed E-state index contributed by atoms with van der Waals surface area (Å²) in [6.07, 6.45) is -0.178. The van der Waals surface area contributed by atoms with E-state index in [1.165, 1.54) is 12.4 Å². The lowest BCUT2D eigenvalue weighted by Crippen LogP contribution is -2.31. The van der Waals surface area contributed by atoms with Crippen LogP contribution in [-0.4, -0.2) is 16.9 Å². The lowest BCUT2D eigenvalue weighted by atomic mass is 9.78. The second-order valence-electron chi connectivity index (χ2n) is 4.71. The van der Waals surface area contributed by atoms with E-state index >= 15 is 0 Å². The van der Waals surface area contributed by atoms with Gasteiger partial charge in [0.15, 0.2) is 5.78 Å². The van der Waals surface area contributed by atoms with E-state index < -0.39 is 18.0 Å². The quantitative estimate of drug-likeness (QED) is 0.757. The molecule has 0 amide bonds. The fraction of sp³-hybridized carbons (Fsp3) is 0.538. The van der Waals surface area contributed by atoms with Crippen molar-refractivity contribution in [3.8, 4) is 0 Å². The van der Waals surface area contributed by atoms with Crippen LogP contribution in [0.15, 0.2) is 24.5 Å². The van der Waals surface area contributed by atoms with Gasteiger partial charge in [-0.2, -0.15) is 13.2 Å². The van der Waals surface area contributed by atoms with E-state index in [4.69, 9.17) is 0 Å². The van der Waals surface area contributed by atoms with Crippen LogP contribution in [0.3, 0.4) is 0 Å². The number of aromatic nitrogens is 1. The summed E-state index contributed by atoms with van der Waals surface area (Å²) in [5.74, 6) is -2.07. The number of ketones is 1.